The molecule has 0 radical (unpaired) electrons. The number of nitrogens with one attached hydrogen (secondary N) is 2. The quantitative estimate of drug-likeness (QED) is 0.0908. The summed E-state index contributed by atoms with van der Waals surface area (Å²) < 4.78 is 18.5. The molecule has 5 rings (SSSR count). The number of urea groups is 1. The predicted octanol–water partition coefficient (Wildman–Crippen LogP) is 5.06. The van der Waals surface area contributed by atoms with E-state index in [9.17, 15) is 19.9 Å². The number of hydrogen-bond donors (Lipinski definition) is 3. The standard InChI is InChI=1S/C34H35N3O7S/c1-42-32(39)29(18-23-8-3-2-4-9-23)36-34(40)35-27-11-7-10-26(19-27)33-43-28(22-45-31-12-5-6-17-37(31)41)20-30(44-33)25-15-13-24(21-38)14-16-25/h2-17,19,28-30,33,38H,18,20-22H2,1H3,(H2,35,36,40)/t28-,29-,30+,33+/m0/s1. The zero-order chi connectivity index (χ0) is 31.6. The Kier molecular flexibility index (Phi) is 11.0. The average Bonchev–Trinajstić information content (AvgIpc) is 3.07. The van der Waals surface area contributed by atoms with Crippen molar-refractivity contribution in [2.24, 2.45) is 0 Å². The number of esters is 1. The number of carbonyl (C=O) groups is 2. The molecule has 2 heterocycles. The van der Waals surface area contributed by atoms with E-state index < -0.39 is 24.3 Å². The van der Waals surface area contributed by atoms with Crippen LogP contribution in [0.5, 0.6) is 0 Å². The van der Waals surface area contributed by atoms with E-state index in [4.69, 9.17) is 14.2 Å². The fraction of sp³-hybridized carbons (Fsp3) is 0.265. The molecular weight excluding hydrogens is 594 g/mol. The van der Waals surface area contributed by atoms with Crippen LogP contribution >= 0.6 is 11.8 Å². The molecule has 11 heteroatoms. The number of hydrogen-bond acceptors (Lipinski definition) is 8. The lowest BCUT2D eigenvalue weighted by Crippen LogP contribution is -2.45. The summed E-state index contributed by atoms with van der Waals surface area (Å²) in [6.07, 6.45) is 0.981. The smallest absolute Gasteiger partial charge is 0.328 e. The van der Waals surface area contributed by atoms with Crippen LogP contribution in [-0.4, -0.2) is 42.1 Å². The van der Waals surface area contributed by atoms with E-state index in [1.165, 1.54) is 25.1 Å². The second kappa shape index (κ2) is 15.5. The molecule has 10 nitrogen and oxygen atoms in total. The van der Waals surface area contributed by atoms with Crippen molar-refractivity contribution in [3.8, 4) is 0 Å². The maximum atomic E-state index is 13.0. The first-order valence-electron chi connectivity index (χ1n) is 14.5. The van der Waals surface area contributed by atoms with Crippen LogP contribution in [0.2, 0.25) is 0 Å². The summed E-state index contributed by atoms with van der Waals surface area (Å²) in [5, 5.41) is 27.8. The summed E-state index contributed by atoms with van der Waals surface area (Å²) in [4.78, 5) is 25.4. The minimum absolute atomic E-state index is 0.0525. The normalized spacial score (nSPS) is 18.5. The molecule has 0 saturated carbocycles. The molecule has 4 atom stereocenters. The fourth-order valence-electron chi connectivity index (χ4n) is 5.00. The summed E-state index contributed by atoms with van der Waals surface area (Å²) in [7, 11) is 1.28. The second-order valence-corrected chi connectivity index (χ2v) is 11.6. The van der Waals surface area contributed by atoms with Crippen LogP contribution in [0.4, 0.5) is 10.5 Å². The molecule has 45 heavy (non-hydrogen) atoms. The number of rotatable bonds is 11. The molecule has 3 aromatic carbocycles. The van der Waals surface area contributed by atoms with Crippen molar-refractivity contribution >= 4 is 29.4 Å². The minimum Gasteiger partial charge on any atom is -0.618 e. The summed E-state index contributed by atoms with van der Waals surface area (Å²) in [6.45, 7) is -0.0525. The third-order valence-electron chi connectivity index (χ3n) is 7.31. The van der Waals surface area contributed by atoms with Crippen LogP contribution < -0.4 is 15.4 Å². The van der Waals surface area contributed by atoms with Gasteiger partial charge in [0.25, 0.3) is 5.03 Å². The Morgan fingerprint density at radius 3 is 2.49 bits per heavy atom. The van der Waals surface area contributed by atoms with Crippen molar-refractivity contribution in [1.82, 2.24) is 5.32 Å². The molecule has 1 aliphatic rings. The zero-order valence-corrected chi connectivity index (χ0v) is 25.5. The number of thioether (sulfide) groups is 1. The molecule has 1 aromatic heterocycles. The Morgan fingerprint density at radius 1 is 0.978 bits per heavy atom. The van der Waals surface area contributed by atoms with Gasteiger partial charge in [-0.2, -0.15) is 4.73 Å². The summed E-state index contributed by atoms with van der Waals surface area (Å²) in [5.74, 6) is -0.0275. The predicted molar refractivity (Wildman–Crippen MR) is 169 cm³/mol. The van der Waals surface area contributed by atoms with Crippen molar-refractivity contribution in [2.75, 3.05) is 18.2 Å². The molecule has 1 fully saturated rings. The lowest BCUT2D eigenvalue weighted by atomic mass is 10.0. The number of pyridine rings is 1. The van der Waals surface area contributed by atoms with E-state index in [1.807, 2.05) is 66.7 Å². The lowest BCUT2D eigenvalue weighted by Gasteiger charge is -2.36. The monoisotopic (exact) mass is 629 g/mol. The van der Waals surface area contributed by atoms with E-state index in [0.29, 0.717) is 28.5 Å². The molecule has 234 valence electrons. The number of benzene rings is 3. The average molecular weight is 630 g/mol. The molecule has 1 saturated heterocycles. The largest absolute Gasteiger partial charge is 0.618 e. The van der Waals surface area contributed by atoms with E-state index in [2.05, 4.69) is 10.6 Å². The Hall–Kier alpha value is -4.42. The second-order valence-electron chi connectivity index (χ2n) is 10.5. The SMILES string of the molecule is COC(=O)[C@H](Cc1ccccc1)NC(=O)Nc1cccc([C@@H]2O[C@H](CSc3cccc[n+]3[O-])C[C@H](c3ccc(CO)cc3)O2)c1. The van der Waals surface area contributed by atoms with Crippen molar-refractivity contribution < 1.29 is 33.6 Å². The Balaban J connectivity index is 1.30. The molecule has 2 amide bonds. The number of carbonyl (C=O) groups excluding carboxylic acids is 2. The van der Waals surface area contributed by atoms with E-state index in [0.717, 1.165) is 21.4 Å². The lowest BCUT2D eigenvalue weighted by molar-refractivity contribution is -0.645. The number of anilines is 1. The molecule has 1 aliphatic heterocycles. The van der Waals surface area contributed by atoms with Gasteiger partial charge in [-0.25, -0.2) is 9.59 Å². The molecule has 4 aromatic rings. The minimum atomic E-state index is -0.876. The van der Waals surface area contributed by atoms with Gasteiger partial charge in [-0.3, -0.25) is 0 Å². The van der Waals surface area contributed by atoms with Crippen molar-refractivity contribution in [3.63, 3.8) is 0 Å². The van der Waals surface area contributed by atoms with Gasteiger partial charge in [-0.15, -0.1) is 0 Å². The van der Waals surface area contributed by atoms with Gasteiger partial charge in [0, 0.05) is 42.0 Å². The summed E-state index contributed by atoms with van der Waals surface area (Å²) >= 11 is 1.41. The Labute approximate surface area is 265 Å². The highest BCUT2D eigenvalue weighted by atomic mass is 32.2. The van der Waals surface area contributed by atoms with Crippen LogP contribution in [-0.2, 0) is 32.0 Å². The third kappa shape index (κ3) is 8.83. The van der Waals surface area contributed by atoms with Gasteiger partial charge in [0.15, 0.2) is 12.5 Å². The number of amides is 2. The number of aliphatic hydroxyl groups excluding tert-OH is 1. The molecule has 0 spiro atoms. The number of aliphatic hydroxyl groups is 1. The number of methoxy groups -OCH3 is 1. The van der Waals surface area contributed by atoms with Crippen LogP contribution in [0.3, 0.4) is 0 Å². The van der Waals surface area contributed by atoms with E-state index in [1.54, 1.807) is 30.3 Å². The van der Waals surface area contributed by atoms with Crippen LogP contribution in [0.25, 0.3) is 0 Å². The van der Waals surface area contributed by atoms with Crippen molar-refractivity contribution in [1.29, 1.82) is 0 Å². The summed E-state index contributed by atoms with van der Waals surface area (Å²) in [6, 6.07) is 27.9. The van der Waals surface area contributed by atoms with Crippen LogP contribution in [0.1, 0.15) is 41.1 Å². The fourth-order valence-corrected chi connectivity index (χ4v) is 5.93. The topological polar surface area (TPSA) is 133 Å². The Morgan fingerprint density at radius 2 is 1.76 bits per heavy atom. The Bertz CT molecular complexity index is 1570. The highest BCUT2D eigenvalue weighted by Crippen LogP contribution is 2.39. The van der Waals surface area contributed by atoms with Crippen LogP contribution in [0, 0.1) is 5.21 Å². The number of nitrogens with zero attached hydrogens (tertiary/aromatic N) is 1. The van der Waals surface area contributed by atoms with Gasteiger partial charge >= 0.3 is 12.0 Å². The van der Waals surface area contributed by atoms with Gasteiger partial charge in [0.05, 0.1) is 25.9 Å². The van der Waals surface area contributed by atoms with Crippen LogP contribution in [0.15, 0.2) is 108 Å². The van der Waals surface area contributed by atoms with Gasteiger partial charge in [0.1, 0.15) is 6.04 Å². The van der Waals surface area contributed by atoms with Crippen molar-refractivity contribution in [3.05, 3.63) is 131 Å². The van der Waals surface area contributed by atoms with Gasteiger partial charge in [-0.1, -0.05) is 78.5 Å². The third-order valence-corrected chi connectivity index (χ3v) is 8.46. The van der Waals surface area contributed by atoms with E-state index in [-0.39, 0.29) is 25.2 Å². The number of aromatic nitrogens is 1. The van der Waals surface area contributed by atoms with Gasteiger partial charge < -0.3 is 35.2 Å². The summed E-state index contributed by atoms with van der Waals surface area (Å²) in [5.41, 5.74) is 3.79. The molecular formula is C34H35N3O7S. The van der Waals surface area contributed by atoms with E-state index >= 15 is 0 Å². The maximum Gasteiger partial charge on any atom is 0.328 e. The first-order valence-corrected chi connectivity index (χ1v) is 15.5. The van der Waals surface area contributed by atoms with Crippen molar-refractivity contribution in [2.45, 2.75) is 49.0 Å². The molecule has 0 aliphatic carbocycles. The maximum absolute atomic E-state index is 13.0. The van der Waals surface area contributed by atoms with Gasteiger partial charge in [0.2, 0.25) is 0 Å². The zero-order valence-electron chi connectivity index (χ0n) is 24.7. The van der Waals surface area contributed by atoms with Gasteiger partial charge in [-0.05, 0) is 34.9 Å². The first kappa shape index (κ1) is 32.0. The first-order chi connectivity index (χ1) is 21.9. The molecule has 0 bridgehead atoms. The highest BCUT2D eigenvalue weighted by Gasteiger charge is 2.33. The molecule has 0 unspecified atom stereocenters. The molecule has 3 N–H and O–H groups in total. The number of ether oxygens (including phenoxy) is 3. The highest BCUT2D eigenvalue weighted by molar-refractivity contribution is 7.99.